The van der Waals surface area contributed by atoms with Crippen molar-refractivity contribution in [3.8, 4) is 0 Å². The SMILES string of the molecule is O=C(NCCO)c1n[nH]c2nc(NC(=O)C3CC3)sc12. The number of hydrogen-bond acceptors (Lipinski definition) is 6. The van der Waals surface area contributed by atoms with Crippen LogP contribution in [0, 0.1) is 5.92 Å². The molecule has 0 radical (unpaired) electrons. The third-order valence-corrected chi connectivity index (χ3v) is 3.88. The topological polar surface area (TPSA) is 120 Å². The van der Waals surface area contributed by atoms with E-state index in [0.717, 1.165) is 12.8 Å². The molecule has 2 aromatic rings. The van der Waals surface area contributed by atoms with Gasteiger partial charge in [0.05, 0.1) is 6.61 Å². The standard InChI is InChI=1S/C11H13N5O3S/c17-4-3-12-10(19)6-7-8(16-15-6)13-11(20-7)14-9(18)5-1-2-5/h5,17H,1-4H2,(H,12,19)(H2,13,14,15,16,18). The Hall–Kier alpha value is -2.00. The fourth-order valence-electron chi connectivity index (χ4n) is 1.73. The first kappa shape index (κ1) is 13.0. The second-order valence-corrected chi connectivity index (χ2v) is 5.51. The highest BCUT2D eigenvalue weighted by molar-refractivity contribution is 7.22. The van der Waals surface area contributed by atoms with E-state index in [4.69, 9.17) is 5.11 Å². The quantitative estimate of drug-likeness (QED) is 0.623. The number of fused-ring (bicyclic) bond motifs is 1. The van der Waals surface area contributed by atoms with Gasteiger partial charge in [-0.25, -0.2) is 4.98 Å². The van der Waals surface area contributed by atoms with Gasteiger partial charge in [-0.2, -0.15) is 5.10 Å². The highest BCUT2D eigenvalue weighted by atomic mass is 32.1. The molecule has 0 bridgehead atoms. The normalized spacial score (nSPS) is 14.4. The first-order valence-electron chi connectivity index (χ1n) is 6.24. The Morgan fingerprint density at radius 2 is 2.25 bits per heavy atom. The first-order valence-corrected chi connectivity index (χ1v) is 7.05. The molecule has 3 rings (SSSR count). The first-order chi connectivity index (χ1) is 9.69. The van der Waals surface area contributed by atoms with E-state index in [0.29, 0.717) is 15.5 Å². The Morgan fingerprint density at radius 1 is 1.45 bits per heavy atom. The predicted molar refractivity (Wildman–Crippen MR) is 72.5 cm³/mol. The summed E-state index contributed by atoms with van der Waals surface area (Å²) in [6.45, 7) is 0.0297. The van der Waals surface area contributed by atoms with Crippen LogP contribution in [-0.4, -0.2) is 45.3 Å². The van der Waals surface area contributed by atoms with Crippen LogP contribution in [0.4, 0.5) is 5.13 Å². The average Bonchev–Trinajstić information content (AvgIpc) is 3.10. The van der Waals surface area contributed by atoms with E-state index in [9.17, 15) is 9.59 Å². The fraction of sp³-hybridized carbons (Fsp3) is 0.455. The molecule has 1 fully saturated rings. The lowest BCUT2D eigenvalue weighted by Gasteiger charge is -1.99. The fourth-order valence-corrected chi connectivity index (χ4v) is 2.63. The van der Waals surface area contributed by atoms with E-state index < -0.39 is 0 Å². The summed E-state index contributed by atoms with van der Waals surface area (Å²) in [5, 5.41) is 21.0. The summed E-state index contributed by atoms with van der Waals surface area (Å²) in [5.41, 5.74) is 0.688. The Balaban J connectivity index is 1.78. The number of rotatable bonds is 5. The van der Waals surface area contributed by atoms with Crippen LogP contribution in [-0.2, 0) is 4.79 Å². The second kappa shape index (κ2) is 5.17. The summed E-state index contributed by atoms with van der Waals surface area (Å²) in [6.07, 6.45) is 1.84. The number of aliphatic hydroxyl groups is 1. The number of aromatic nitrogens is 3. The minimum Gasteiger partial charge on any atom is -0.395 e. The second-order valence-electron chi connectivity index (χ2n) is 4.51. The molecule has 1 aliphatic carbocycles. The van der Waals surface area contributed by atoms with Crippen molar-refractivity contribution in [2.45, 2.75) is 12.8 Å². The van der Waals surface area contributed by atoms with Crippen LogP contribution in [0.15, 0.2) is 0 Å². The van der Waals surface area contributed by atoms with Crippen LogP contribution in [0.5, 0.6) is 0 Å². The third-order valence-electron chi connectivity index (χ3n) is 2.91. The lowest BCUT2D eigenvalue weighted by Crippen LogP contribution is -2.26. The number of nitrogens with one attached hydrogen (secondary N) is 3. The van der Waals surface area contributed by atoms with Gasteiger partial charge in [-0.05, 0) is 12.8 Å². The van der Waals surface area contributed by atoms with Gasteiger partial charge in [-0.15, -0.1) is 0 Å². The molecule has 20 heavy (non-hydrogen) atoms. The summed E-state index contributed by atoms with van der Waals surface area (Å²) in [5.74, 6) is -0.308. The number of anilines is 1. The van der Waals surface area contributed by atoms with Crippen molar-refractivity contribution >= 4 is 38.6 Å². The van der Waals surface area contributed by atoms with Gasteiger partial charge in [-0.3, -0.25) is 14.7 Å². The lowest BCUT2D eigenvalue weighted by atomic mass is 10.4. The van der Waals surface area contributed by atoms with Crippen molar-refractivity contribution in [3.63, 3.8) is 0 Å². The molecule has 0 unspecified atom stereocenters. The number of thiazole rings is 1. The van der Waals surface area contributed by atoms with Crippen LogP contribution in [0.3, 0.4) is 0 Å². The summed E-state index contributed by atoms with van der Waals surface area (Å²) in [6, 6.07) is 0. The number of aliphatic hydroxyl groups excluding tert-OH is 1. The molecule has 1 saturated carbocycles. The van der Waals surface area contributed by atoms with Crippen LogP contribution in [0.2, 0.25) is 0 Å². The van der Waals surface area contributed by atoms with Crippen molar-refractivity contribution < 1.29 is 14.7 Å². The van der Waals surface area contributed by atoms with E-state index in [1.165, 1.54) is 11.3 Å². The predicted octanol–water partition coefficient (Wildman–Crippen LogP) is 0.0900. The van der Waals surface area contributed by atoms with Crippen molar-refractivity contribution in [3.05, 3.63) is 5.69 Å². The Morgan fingerprint density at radius 3 is 2.95 bits per heavy atom. The monoisotopic (exact) mass is 295 g/mol. The van der Waals surface area contributed by atoms with Gasteiger partial charge in [-0.1, -0.05) is 11.3 Å². The molecule has 8 nitrogen and oxygen atoms in total. The largest absolute Gasteiger partial charge is 0.395 e. The minimum atomic E-state index is -0.381. The number of amides is 2. The number of carbonyl (C=O) groups excluding carboxylic acids is 2. The zero-order valence-electron chi connectivity index (χ0n) is 10.5. The molecule has 2 aromatic heterocycles. The summed E-state index contributed by atoms with van der Waals surface area (Å²) in [4.78, 5) is 27.7. The van der Waals surface area contributed by atoms with E-state index in [2.05, 4.69) is 25.8 Å². The number of aromatic amines is 1. The minimum absolute atomic E-state index is 0.0272. The number of carbonyl (C=O) groups is 2. The molecular formula is C11H13N5O3S. The smallest absolute Gasteiger partial charge is 0.273 e. The highest BCUT2D eigenvalue weighted by Crippen LogP contribution is 2.32. The van der Waals surface area contributed by atoms with Crippen LogP contribution in [0.25, 0.3) is 10.3 Å². The van der Waals surface area contributed by atoms with Gasteiger partial charge in [0, 0.05) is 12.5 Å². The van der Waals surface area contributed by atoms with Crippen molar-refractivity contribution in [1.82, 2.24) is 20.5 Å². The Bertz CT molecular complexity index is 660. The van der Waals surface area contributed by atoms with Crippen LogP contribution >= 0.6 is 11.3 Å². The molecular weight excluding hydrogens is 282 g/mol. The Labute approximate surface area is 117 Å². The molecule has 2 amide bonds. The van der Waals surface area contributed by atoms with Gasteiger partial charge in [0.1, 0.15) is 4.70 Å². The summed E-state index contributed by atoms with van der Waals surface area (Å²) in [7, 11) is 0. The van der Waals surface area contributed by atoms with Gasteiger partial charge in [0.25, 0.3) is 5.91 Å². The number of H-pyrrole nitrogens is 1. The van der Waals surface area contributed by atoms with Gasteiger partial charge in [0.15, 0.2) is 16.5 Å². The molecule has 0 atom stereocenters. The third kappa shape index (κ3) is 2.49. The van der Waals surface area contributed by atoms with E-state index in [-0.39, 0.29) is 36.6 Å². The molecule has 0 saturated heterocycles. The zero-order chi connectivity index (χ0) is 14.1. The van der Waals surface area contributed by atoms with Gasteiger partial charge < -0.3 is 15.7 Å². The van der Waals surface area contributed by atoms with E-state index >= 15 is 0 Å². The maximum absolute atomic E-state index is 11.8. The maximum atomic E-state index is 11.8. The van der Waals surface area contributed by atoms with E-state index in [1.807, 2.05) is 0 Å². The van der Waals surface area contributed by atoms with Crippen molar-refractivity contribution in [1.29, 1.82) is 0 Å². The molecule has 0 spiro atoms. The highest BCUT2D eigenvalue weighted by Gasteiger charge is 2.30. The summed E-state index contributed by atoms with van der Waals surface area (Å²) >= 11 is 1.21. The van der Waals surface area contributed by atoms with Crippen LogP contribution < -0.4 is 10.6 Å². The lowest BCUT2D eigenvalue weighted by molar-refractivity contribution is -0.117. The van der Waals surface area contributed by atoms with E-state index in [1.54, 1.807) is 0 Å². The zero-order valence-corrected chi connectivity index (χ0v) is 11.3. The van der Waals surface area contributed by atoms with Crippen LogP contribution in [0.1, 0.15) is 23.3 Å². The Kier molecular flexibility index (Phi) is 3.36. The average molecular weight is 295 g/mol. The van der Waals surface area contributed by atoms with Crippen molar-refractivity contribution in [2.75, 3.05) is 18.5 Å². The molecule has 2 heterocycles. The number of nitrogens with zero attached hydrogens (tertiary/aromatic N) is 2. The molecule has 1 aliphatic rings. The van der Waals surface area contributed by atoms with Gasteiger partial charge >= 0.3 is 0 Å². The molecule has 0 aliphatic heterocycles. The maximum Gasteiger partial charge on any atom is 0.273 e. The molecule has 0 aromatic carbocycles. The van der Waals surface area contributed by atoms with Crippen molar-refractivity contribution in [2.24, 2.45) is 5.92 Å². The molecule has 4 N–H and O–H groups in total. The molecule has 9 heteroatoms. The summed E-state index contributed by atoms with van der Waals surface area (Å²) < 4.78 is 0.589. The number of hydrogen-bond donors (Lipinski definition) is 4. The van der Waals surface area contributed by atoms with Gasteiger partial charge in [0.2, 0.25) is 5.91 Å². The molecule has 106 valence electrons.